The Morgan fingerprint density at radius 2 is 0.932 bits per heavy atom. The second-order valence-electron chi connectivity index (χ2n) is 16.5. The topological polar surface area (TPSA) is 25.8 Å². The molecule has 2 aromatic heterocycles. The molecule has 0 amide bonds. The predicted octanol–water partition coefficient (Wildman–Crippen LogP) is 14.5. The van der Waals surface area contributed by atoms with E-state index in [1.807, 2.05) is 11.3 Å². The highest BCUT2D eigenvalue weighted by atomic mass is 32.1. The molecule has 2 aliphatic rings. The number of hydrogen-bond donors (Lipinski definition) is 0. The summed E-state index contributed by atoms with van der Waals surface area (Å²) in [7, 11) is 0. The number of hydrogen-bond acceptors (Lipinski definition) is 3. The summed E-state index contributed by atoms with van der Waals surface area (Å²) in [6.07, 6.45) is 0. The molecule has 2 nitrogen and oxygen atoms in total. The Balaban J connectivity index is 1.06. The minimum absolute atomic E-state index is 0.274. The van der Waals surface area contributed by atoms with E-state index >= 15 is 0 Å². The third-order valence-electron chi connectivity index (χ3n) is 13.0. The van der Waals surface area contributed by atoms with Crippen molar-refractivity contribution in [2.24, 2.45) is 0 Å². The fraction of sp³-hybridized carbons (Fsp3) is 0.0714. The molecule has 1 spiro atoms. The van der Waals surface area contributed by atoms with E-state index in [4.69, 9.17) is 9.97 Å². The van der Waals surface area contributed by atoms with Gasteiger partial charge >= 0.3 is 0 Å². The van der Waals surface area contributed by atoms with Crippen LogP contribution in [0.25, 0.3) is 76.3 Å². The zero-order valence-electron chi connectivity index (χ0n) is 32.8. The van der Waals surface area contributed by atoms with Crippen LogP contribution in [0.4, 0.5) is 0 Å². The van der Waals surface area contributed by atoms with Gasteiger partial charge in [-0.3, -0.25) is 0 Å². The van der Waals surface area contributed by atoms with Crippen LogP contribution in [0, 0.1) is 0 Å². The van der Waals surface area contributed by atoms with Gasteiger partial charge in [-0.05, 0) is 79.9 Å². The van der Waals surface area contributed by atoms with Gasteiger partial charge in [-0.1, -0.05) is 184 Å². The fourth-order valence-corrected chi connectivity index (χ4v) is 11.6. The standard InChI is InChI=1S/C56H38N2S/c1-55(2)46-26-11-12-27-47(46)56(44-24-9-6-20-40(44)41-21-7-10-25-45(41)56)48-28-15-23-39(53(48)55)36-18-14-19-37(32-36)50-34-49(35-16-4-3-5-17-35)57-54(58-50)38-30-31-43-42-22-8-13-29-51(42)59-52(43)33-38/h3-34H,1-2H3. The maximum absolute atomic E-state index is 5.34. The lowest BCUT2D eigenvalue weighted by Gasteiger charge is -2.47. The van der Waals surface area contributed by atoms with Gasteiger partial charge in [0.1, 0.15) is 0 Å². The molecule has 3 heteroatoms. The van der Waals surface area contributed by atoms with Crippen molar-refractivity contribution >= 4 is 31.5 Å². The zero-order valence-corrected chi connectivity index (χ0v) is 33.6. The van der Waals surface area contributed by atoms with Crippen LogP contribution in [-0.2, 0) is 10.8 Å². The maximum Gasteiger partial charge on any atom is 0.160 e. The van der Waals surface area contributed by atoms with Gasteiger partial charge in [-0.25, -0.2) is 9.97 Å². The number of aromatic nitrogens is 2. The van der Waals surface area contributed by atoms with Crippen molar-refractivity contribution < 1.29 is 0 Å². The summed E-state index contributed by atoms with van der Waals surface area (Å²) in [4.78, 5) is 10.6. The highest BCUT2D eigenvalue weighted by Crippen LogP contribution is 2.63. The molecule has 2 heterocycles. The van der Waals surface area contributed by atoms with Crippen LogP contribution in [-0.4, -0.2) is 9.97 Å². The highest BCUT2D eigenvalue weighted by molar-refractivity contribution is 7.25. The lowest BCUT2D eigenvalue weighted by molar-refractivity contribution is 0.565. The lowest BCUT2D eigenvalue weighted by Crippen LogP contribution is -2.41. The summed E-state index contributed by atoms with van der Waals surface area (Å²) < 4.78 is 2.53. The van der Waals surface area contributed by atoms with Crippen LogP contribution in [0.5, 0.6) is 0 Å². The van der Waals surface area contributed by atoms with E-state index in [0.717, 1.165) is 33.9 Å². The summed E-state index contributed by atoms with van der Waals surface area (Å²) in [6, 6.07) is 71.2. The molecule has 278 valence electrons. The SMILES string of the molecule is CC1(C)c2ccccc2C2(c3ccccc3-c3ccccc32)c2cccc(-c3cccc(-c4cc(-c5ccccc5)nc(-c5ccc6c(c5)sc5ccccc56)n4)c3)c21. The molecule has 8 aromatic carbocycles. The molecular formula is C56H38N2S. The van der Waals surface area contributed by atoms with Crippen LogP contribution in [0.15, 0.2) is 194 Å². The Morgan fingerprint density at radius 3 is 1.71 bits per heavy atom. The smallest absolute Gasteiger partial charge is 0.160 e. The first kappa shape index (κ1) is 34.1. The van der Waals surface area contributed by atoms with Gasteiger partial charge in [0.2, 0.25) is 0 Å². The van der Waals surface area contributed by atoms with Crippen molar-refractivity contribution in [1.82, 2.24) is 9.97 Å². The van der Waals surface area contributed by atoms with Crippen LogP contribution in [0.3, 0.4) is 0 Å². The Kier molecular flexibility index (Phi) is 7.39. The van der Waals surface area contributed by atoms with Crippen molar-refractivity contribution in [3.63, 3.8) is 0 Å². The minimum Gasteiger partial charge on any atom is -0.228 e. The second kappa shape index (κ2) is 12.8. The molecule has 12 rings (SSSR count). The van der Waals surface area contributed by atoms with Gasteiger partial charge in [0.05, 0.1) is 16.8 Å². The average molecular weight is 771 g/mol. The highest BCUT2D eigenvalue weighted by Gasteiger charge is 2.53. The van der Waals surface area contributed by atoms with E-state index in [2.05, 4.69) is 208 Å². The molecule has 0 aliphatic heterocycles. The van der Waals surface area contributed by atoms with Crippen LogP contribution in [0.2, 0.25) is 0 Å². The third kappa shape index (κ3) is 4.92. The van der Waals surface area contributed by atoms with Gasteiger partial charge < -0.3 is 0 Å². The molecule has 0 atom stereocenters. The molecule has 0 N–H and O–H groups in total. The summed E-state index contributed by atoms with van der Waals surface area (Å²) in [5.41, 5.74) is 17.5. The number of nitrogens with zero attached hydrogens (tertiary/aromatic N) is 2. The Bertz CT molecular complexity index is 3270. The summed E-state index contributed by atoms with van der Waals surface area (Å²) in [5, 5.41) is 2.56. The number of fused-ring (bicyclic) bond motifs is 12. The minimum atomic E-state index is -0.441. The third-order valence-corrected chi connectivity index (χ3v) is 14.1. The molecule has 10 aromatic rings. The maximum atomic E-state index is 5.34. The average Bonchev–Trinajstić information content (AvgIpc) is 3.82. The van der Waals surface area contributed by atoms with Gasteiger partial charge in [0.25, 0.3) is 0 Å². The normalized spacial score (nSPS) is 14.2. The quantitative estimate of drug-likeness (QED) is 0.178. The van der Waals surface area contributed by atoms with E-state index in [0.29, 0.717) is 0 Å². The summed E-state index contributed by atoms with van der Waals surface area (Å²) in [6.45, 7) is 4.82. The van der Waals surface area contributed by atoms with Gasteiger partial charge in [-0.2, -0.15) is 0 Å². The van der Waals surface area contributed by atoms with Gasteiger partial charge in [0.15, 0.2) is 5.82 Å². The van der Waals surface area contributed by atoms with Crippen molar-refractivity contribution in [1.29, 1.82) is 0 Å². The van der Waals surface area contributed by atoms with E-state index in [9.17, 15) is 0 Å². The largest absolute Gasteiger partial charge is 0.228 e. The van der Waals surface area contributed by atoms with Crippen LogP contribution in [0.1, 0.15) is 47.2 Å². The van der Waals surface area contributed by atoms with Gasteiger partial charge in [-0.15, -0.1) is 11.3 Å². The molecule has 0 fully saturated rings. The van der Waals surface area contributed by atoms with Crippen molar-refractivity contribution in [3.8, 4) is 56.2 Å². The Labute approximate surface area is 348 Å². The Hall–Kier alpha value is -6.94. The number of thiophene rings is 1. The van der Waals surface area contributed by atoms with E-state index in [1.54, 1.807) is 0 Å². The first-order valence-electron chi connectivity index (χ1n) is 20.4. The van der Waals surface area contributed by atoms with E-state index in [-0.39, 0.29) is 5.41 Å². The monoisotopic (exact) mass is 770 g/mol. The van der Waals surface area contributed by atoms with Crippen molar-refractivity contribution in [2.75, 3.05) is 0 Å². The van der Waals surface area contributed by atoms with Crippen molar-refractivity contribution in [3.05, 3.63) is 228 Å². The van der Waals surface area contributed by atoms with Crippen LogP contribution >= 0.6 is 11.3 Å². The number of rotatable bonds is 4. The fourth-order valence-electron chi connectivity index (χ4n) is 10.4. The molecular weight excluding hydrogens is 733 g/mol. The Morgan fingerprint density at radius 1 is 0.373 bits per heavy atom. The second-order valence-corrected chi connectivity index (χ2v) is 17.5. The van der Waals surface area contributed by atoms with Crippen molar-refractivity contribution in [2.45, 2.75) is 24.7 Å². The first-order valence-corrected chi connectivity index (χ1v) is 21.2. The molecule has 2 aliphatic carbocycles. The van der Waals surface area contributed by atoms with Gasteiger partial charge in [0, 0.05) is 42.3 Å². The van der Waals surface area contributed by atoms with E-state index in [1.165, 1.54) is 75.8 Å². The lowest BCUT2D eigenvalue weighted by atomic mass is 9.54. The van der Waals surface area contributed by atoms with Crippen LogP contribution < -0.4 is 0 Å². The van der Waals surface area contributed by atoms with E-state index < -0.39 is 5.41 Å². The first-order chi connectivity index (χ1) is 29.0. The molecule has 0 radical (unpaired) electrons. The predicted molar refractivity (Wildman–Crippen MR) is 246 cm³/mol. The molecule has 59 heavy (non-hydrogen) atoms. The molecule has 0 bridgehead atoms. The molecule has 0 saturated carbocycles. The molecule has 0 saturated heterocycles. The zero-order chi connectivity index (χ0) is 39.3. The molecule has 0 unspecified atom stereocenters. The summed E-state index contributed by atoms with van der Waals surface area (Å²) >= 11 is 1.82. The number of benzene rings is 8. The summed E-state index contributed by atoms with van der Waals surface area (Å²) in [5.74, 6) is 0.724.